The normalized spacial score (nSPS) is 13.9. The van der Waals surface area contributed by atoms with Gasteiger partial charge in [0.05, 0.1) is 12.5 Å². The van der Waals surface area contributed by atoms with Crippen molar-refractivity contribution in [2.45, 2.75) is 20.3 Å². The summed E-state index contributed by atoms with van der Waals surface area (Å²) < 4.78 is 5.05. The van der Waals surface area contributed by atoms with Gasteiger partial charge in [0.25, 0.3) is 0 Å². The number of carbonyl (C=O) groups is 1. The number of nitrogens with two attached hydrogens (primary N) is 1. The summed E-state index contributed by atoms with van der Waals surface area (Å²) in [5.41, 5.74) is 5.88. The van der Waals surface area contributed by atoms with E-state index in [9.17, 15) is 4.79 Å². The van der Waals surface area contributed by atoms with E-state index in [2.05, 4.69) is 5.32 Å². The Balaban J connectivity index is 2.73. The first-order chi connectivity index (χ1) is 8.05. The predicted octanol–water partition coefficient (Wildman–Crippen LogP) is 2.01. The molecule has 4 nitrogen and oxygen atoms in total. The molecule has 1 unspecified atom stereocenters. The van der Waals surface area contributed by atoms with Crippen molar-refractivity contribution in [2.75, 3.05) is 19.0 Å². The van der Waals surface area contributed by atoms with E-state index in [0.717, 1.165) is 11.4 Å². The zero-order chi connectivity index (χ0) is 12.9. The van der Waals surface area contributed by atoms with Crippen molar-refractivity contribution >= 4 is 11.6 Å². The maximum Gasteiger partial charge on any atom is 0.231 e. The van der Waals surface area contributed by atoms with Gasteiger partial charge in [0.15, 0.2) is 0 Å². The van der Waals surface area contributed by atoms with Crippen LogP contribution in [0, 0.1) is 5.41 Å². The fraction of sp³-hybridized carbons (Fsp3) is 0.462. The number of rotatable bonds is 5. The molecule has 4 heteroatoms. The molecule has 0 aliphatic heterocycles. The second-order valence-corrected chi connectivity index (χ2v) is 4.30. The Morgan fingerprint density at radius 1 is 1.41 bits per heavy atom. The number of carbonyl (C=O) groups excluding carboxylic acids is 1. The molecular formula is C13H20N2O2. The van der Waals surface area contributed by atoms with Gasteiger partial charge in [-0.1, -0.05) is 6.92 Å². The van der Waals surface area contributed by atoms with Crippen LogP contribution >= 0.6 is 0 Å². The maximum atomic E-state index is 12.0. The van der Waals surface area contributed by atoms with Gasteiger partial charge >= 0.3 is 0 Å². The lowest BCUT2D eigenvalue weighted by Crippen LogP contribution is -2.39. The topological polar surface area (TPSA) is 64.4 Å². The van der Waals surface area contributed by atoms with Gasteiger partial charge in [-0.3, -0.25) is 4.79 Å². The quantitative estimate of drug-likeness (QED) is 0.822. The molecule has 3 N–H and O–H groups in total. The number of methoxy groups -OCH3 is 1. The van der Waals surface area contributed by atoms with Crippen molar-refractivity contribution in [3.05, 3.63) is 24.3 Å². The molecule has 0 aliphatic carbocycles. The Labute approximate surface area is 102 Å². The third kappa shape index (κ3) is 3.20. The first kappa shape index (κ1) is 13.5. The van der Waals surface area contributed by atoms with Gasteiger partial charge in [-0.15, -0.1) is 0 Å². The van der Waals surface area contributed by atoms with Crippen LogP contribution in [0.25, 0.3) is 0 Å². The van der Waals surface area contributed by atoms with E-state index in [1.54, 1.807) is 19.2 Å². The Bertz CT molecular complexity index is 370. The zero-order valence-corrected chi connectivity index (χ0v) is 10.6. The largest absolute Gasteiger partial charge is 0.497 e. The molecule has 0 saturated heterocycles. The molecule has 0 fully saturated rings. The molecule has 94 valence electrons. The van der Waals surface area contributed by atoms with E-state index < -0.39 is 5.41 Å². The lowest BCUT2D eigenvalue weighted by Gasteiger charge is -2.24. The van der Waals surface area contributed by atoms with E-state index in [1.807, 2.05) is 26.0 Å². The van der Waals surface area contributed by atoms with Crippen molar-refractivity contribution < 1.29 is 9.53 Å². The van der Waals surface area contributed by atoms with Crippen molar-refractivity contribution in [3.63, 3.8) is 0 Å². The van der Waals surface area contributed by atoms with Gasteiger partial charge in [0.2, 0.25) is 5.91 Å². The minimum Gasteiger partial charge on any atom is -0.497 e. The number of hydrogen-bond acceptors (Lipinski definition) is 3. The number of benzene rings is 1. The Morgan fingerprint density at radius 2 is 2.00 bits per heavy atom. The maximum absolute atomic E-state index is 12.0. The van der Waals surface area contributed by atoms with Crippen LogP contribution in [-0.4, -0.2) is 19.6 Å². The first-order valence-corrected chi connectivity index (χ1v) is 5.71. The molecule has 17 heavy (non-hydrogen) atoms. The molecule has 1 atom stereocenters. The van der Waals surface area contributed by atoms with E-state index in [4.69, 9.17) is 10.5 Å². The van der Waals surface area contributed by atoms with Crippen molar-refractivity contribution in [2.24, 2.45) is 11.1 Å². The summed E-state index contributed by atoms with van der Waals surface area (Å²) in [7, 11) is 1.61. The highest BCUT2D eigenvalue weighted by atomic mass is 16.5. The van der Waals surface area contributed by atoms with E-state index in [1.165, 1.54) is 0 Å². The summed E-state index contributed by atoms with van der Waals surface area (Å²) in [5.74, 6) is 0.716. The van der Waals surface area contributed by atoms with Crippen LogP contribution in [-0.2, 0) is 4.79 Å². The van der Waals surface area contributed by atoms with E-state index >= 15 is 0 Å². The van der Waals surface area contributed by atoms with Crippen LogP contribution in [0.2, 0.25) is 0 Å². The molecule has 1 rings (SSSR count). The number of hydrogen-bond donors (Lipinski definition) is 2. The van der Waals surface area contributed by atoms with E-state index in [-0.39, 0.29) is 5.91 Å². The molecule has 1 aromatic rings. The van der Waals surface area contributed by atoms with Gasteiger partial charge < -0.3 is 15.8 Å². The number of anilines is 1. The second-order valence-electron chi connectivity index (χ2n) is 4.30. The Hall–Kier alpha value is -1.55. The number of ether oxygens (including phenoxy) is 1. The van der Waals surface area contributed by atoms with Crippen LogP contribution in [0.3, 0.4) is 0 Å². The number of amides is 1. The predicted molar refractivity (Wildman–Crippen MR) is 69.1 cm³/mol. The van der Waals surface area contributed by atoms with Crippen LogP contribution in [0.5, 0.6) is 5.75 Å². The summed E-state index contributed by atoms with van der Waals surface area (Å²) in [6.07, 6.45) is 0.714. The molecule has 0 aromatic heterocycles. The van der Waals surface area contributed by atoms with Gasteiger partial charge in [-0.2, -0.15) is 0 Å². The summed E-state index contributed by atoms with van der Waals surface area (Å²) in [4.78, 5) is 12.0. The number of nitrogens with one attached hydrogen (secondary N) is 1. The standard InChI is InChI=1S/C13H20N2O2/c1-4-13(2,9-14)12(16)15-10-5-7-11(17-3)8-6-10/h5-8H,4,9,14H2,1-3H3,(H,15,16). The molecule has 0 radical (unpaired) electrons. The van der Waals surface area contributed by atoms with Crippen LogP contribution in [0.4, 0.5) is 5.69 Å². The molecular weight excluding hydrogens is 216 g/mol. The lowest BCUT2D eigenvalue weighted by atomic mass is 9.86. The van der Waals surface area contributed by atoms with Gasteiger partial charge in [-0.25, -0.2) is 0 Å². The second kappa shape index (κ2) is 5.68. The average molecular weight is 236 g/mol. The third-order valence-electron chi connectivity index (χ3n) is 3.13. The Kier molecular flexibility index (Phi) is 4.52. The highest BCUT2D eigenvalue weighted by Gasteiger charge is 2.29. The van der Waals surface area contributed by atoms with Crippen molar-refractivity contribution in [1.82, 2.24) is 0 Å². The SMILES string of the molecule is CCC(C)(CN)C(=O)Nc1ccc(OC)cc1. The fourth-order valence-electron chi connectivity index (χ4n) is 1.35. The van der Waals surface area contributed by atoms with Gasteiger partial charge in [0.1, 0.15) is 5.75 Å². The Morgan fingerprint density at radius 3 is 2.41 bits per heavy atom. The summed E-state index contributed by atoms with van der Waals surface area (Å²) in [5, 5.41) is 2.86. The molecule has 0 heterocycles. The van der Waals surface area contributed by atoms with Gasteiger partial charge in [0, 0.05) is 12.2 Å². The highest BCUT2D eigenvalue weighted by Crippen LogP contribution is 2.22. The molecule has 0 spiro atoms. The molecule has 0 bridgehead atoms. The van der Waals surface area contributed by atoms with Crippen LogP contribution in [0.15, 0.2) is 24.3 Å². The molecule has 0 aliphatic rings. The molecule has 0 saturated carbocycles. The molecule has 1 amide bonds. The monoisotopic (exact) mass is 236 g/mol. The smallest absolute Gasteiger partial charge is 0.231 e. The highest BCUT2D eigenvalue weighted by molar-refractivity contribution is 5.95. The summed E-state index contributed by atoms with van der Waals surface area (Å²) in [6.45, 7) is 4.16. The van der Waals surface area contributed by atoms with Crippen LogP contribution < -0.4 is 15.8 Å². The minimum absolute atomic E-state index is 0.0485. The van der Waals surface area contributed by atoms with Crippen molar-refractivity contribution in [1.29, 1.82) is 0 Å². The summed E-state index contributed by atoms with van der Waals surface area (Å²) >= 11 is 0. The van der Waals surface area contributed by atoms with Gasteiger partial charge in [-0.05, 0) is 37.6 Å². The minimum atomic E-state index is -0.514. The van der Waals surface area contributed by atoms with Crippen LogP contribution in [0.1, 0.15) is 20.3 Å². The average Bonchev–Trinajstić information content (AvgIpc) is 2.38. The zero-order valence-electron chi connectivity index (χ0n) is 10.6. The van der Waals surface area contributed by atoms with E-state index in [0.29, 0.717) is 13.0 Å². The fourth-order valence-corrected chi connectivity index (χ4v) is 1.35. The first-order valence-electron chi connectivity index (χ1n) is 5.71. The lowest BCUT2D eigenvalue weighted by molar-refractivity contribution is -0.124. The van der Waals surface area contributed by atoms with Crippen molar-refractivity contribution in [3.8, 4) is 5.75 Å². The summed E-state index contributed by atoms with van der Waals surface area (Å²) in [6, 6.07) is 7.23. The third-order valence-corrected chi connectivity index (χ3v) is 3.13. The molecule has 1 aromatic carbocycles.